The van der Waals surface area contributed by atoms with Crippen LogP contribution in [0.15, 0.2) is 36.4 Å². The molecule has 0 aliphatic carbocycles. The Morgan fingerprint density at radius 3 is 2.62 bits per heavy atom. The zero-order chi connectivity index (χ0) is 11.8. The molecule has 2 nitrogen and oxygen atoms in total. The third-order valence-corrected chi connectivity index (χ3v) is 1.89. The molecule has 0 saturated heterocycles. The molecule has 1 aromatic rings. The summed E-state index contributed by atoms with van der Waals surface area (Å²) in [6.07, 6.45) is 1.43. The Bertz CT molecular complexity index is 433. The predicted octanol–water partition coefficient (Wildman–Crippen LogP) is 2.66. The molecule has 0 radical (unpaired) electrons. The molecule has 0 saturated carbocycles. The molecule has 1 rings (SSSR count). The minimum Gasteiger partial charge on any atom is -0.463 e. The summed E-state index contributed by atoms with van der Waals surface area (Å²) in [7, 11) is 0. The summed E-state index contributed by atoms with van der Waals surface area (Å²) in [5.74, 6) is 5.33. The van der Waals surface area contributed by atoms with Crippen LogP contribution in [0.5, 0.6) is 0 Å². The predicted molar refractivity (Wildman–Crippen MR) is 64.5 cm³/mol. The van der Waals surface area contributed by atoms with Crippen LogP contribution in [0.1, 0.15) is 19.4 Å². The van der Waals surface area contributed by atoms with Crippen LogP contribution >= 0.6 is 0 Å². The molecule has 2 heteroatoms. The Labute approximate surface area is 95.9 Å². The van der Waals surface area contributed by atoms with Gasteiger partial charge in [0.1, 0.15) is 0 Å². The minimum absolute atomic E-state index is 0.357. The third kappa shape index (κ3) is 3.62. The van der Waals surface area contributed by atoms with Gasteiger partial charge in [0.25, 0.3) is 0 Å². The summed E-state index contributed by atoms with van der Waals surface area (Å²) in [5, 5.41) is 0. The molecule has 16 heavy (non-hydrogen) atoms. The number of hydrogen-bond donors (Lipinski definition) is 0. The van der Waals surface area contributed by atoms with Gasteiger partial charge in [-0.05, 0) is 19.4 Å². The lowest BCUT2D eigenvalue weighted by Gasteiger charge is -2.00. The topological polar surface area (TPSA) is 26.3 Å². The molecule has 0 N–H and O–H groups in total. The Morgan fingerprint density at radius 2 is 2.06 bits per heavy atom. The van der Waals surface area contributed by atoms with E-state index in [9.17, 15) is 4.79 Å². The fraction of sp³-hybridized carbons (Fsp3) is 0.214. The molecule has 0 aliphatic rings. The van der Waals surface area contributed by atoms with Gasteiger partial charge in [0.15, 0.2) is 0 Å². The summed E-state index contributed by atoms with van der Waals surface area (Å²) in [4.78, 5) is 11.3. The first-order chi connectivity index (χ1) is 7.77. The summed E-state index contributed by atoms with van der Waals surface area (Å²) in [5.41, 5.74) is 1.60. The highest BCUT2D eigenvalue weighted by atomic mass is 16.5. The number of carbonyl (C=O) groups is 1. The van der Waals surface area contributed by atoms with E-state index >= 15 is 0 Å². The number of ether oxygens (including phenoxy) is 1. The van der Waals surface area contributed by atoms with E-state index in [0.29, 0.717) is 12.2 Å². The largest absolute Gasteiger partial charge is 0.463 e. The average Bonchev–Trinajstić information content (AvgIpc) is 2.30. The maximum atomic E-state index is 11.3. The Hall–Kier alpha value is -2.01. The molecule has 1 aromatic carbocycles. The maximum Gasteiger partial charge on any atom is 0.332 e. The molecule has 0 fully saturated rings. The molecular weight excluding hydrogens is 200 g/mol. The van der Waals surface area contributed by atoms with Gasteiger partial charge in [-0.25, -0.2) is 4.79 Å². The normalized spacial score (nSPS) is 10.2. The van der Waals surface area contributed by atoms with Gasteiger partial charge in [0.2, 0.25) is 0 Å². The van der Waals surface area contributed by atoms with Crippen molar-refractivity contribution in [2.75, 3.05) is 6.61 Å². The highest BCUT2D eigenvalue weighted by Gasteiger charge is 2.02. The second kappa shape index (κ2) is 6.47. The fourth-order valence-corrected chi connectivity index (χ4v) is 1.25. The van der Waals surface area contributed by atoms with Crippen LogP contribution in [0.2, 0.25) is 0 Å². The smallest absolute Gasteiger partial charge is 0.332 e. The highest BCUT2D eigenvalue weighted by molar-refractivity contribution is 5.96. The first-order valence-corrected chi connectivity index (χ1v) is 5.14. The molecule has 0 heterocycles. The first-order valence-electron chi connectivity index (χ1n) is 5.14. The van der Waals surface area contributed by atoms with Crippen molar-refractivity contribution in [3.05, 3.63) is 42.0 Å². The molecule has 0 unspecified atom stereocenters. The fourth-order valence-electron chi connectivity index (χ4n) is 1.25. The van der Waals surface area contributed by atoms with E-state index in [4.69, 9.17) is 4.74 Å². The number of rotatable bonds is 3. The Kier molecular flexibility index (Phi) is 4.88. The number of carbonyl (C=O) groups excluding carboxylic acids is 1. The summed E-state index contributed by atoms with van der Waals surface area (Å²) < 4.78 is 4.86. The zero-order valence-corrected chi connectivity index (χ0v) is 9.49. The summed E-state index contributed by atoms with van der Waals surface area (Å²) in [6, 6.07) is 9.56. The quantitative estimate of drug-likeness (QED) is 0.439. The summed E-state index contributed by atoms with van der Waals surface area (Å²) >= 11 is 0. The molecular formula is C14H14O2. The Morgan fingerprint density at radius 1 is 1.38 bits per heavy atom. The van der Waals surface area contributed by atoms with Crippen LogP contribution in [0, 0.1) is 11.8 Å². The lowest BCUT2D eigenvalue weighted by atomic mass is 10.1. The van der Waals surface area contributed by atoms with Crippen molar-refractivity contribution >= 4 is 11.5 Å². The van der Waals surface area contributed by atoms with Crippen molar-refractivity contribution in [1.82, 2.24) is 0 Å². The van der Waals surface area contributed by atoms with E-state index in [1.54, 1.807) is 13.8 Å². The van der Waals surface area contributed by atoms with Crippen molar-refractivity contribution in [2.24, 2.45) is 0 Å². The second-order valence-corrected chi connectivity index (χ2v) is 3.05. The lowest BCUT2D eigenvalue weighted by Crippen LogP contribution is -2.00. The van der Waals surface area contributed by atoms with Crippen LogP contribution in [-0.2, 0) is 9.53 Å². The highest BCUT2D eigenvalue weighted by Crippen LogP contribution is 2.12. The van der Waals surface area contributed by atoms with Crippen LogP contribution in [0.4, 0.5) is 0 Å². The Balaban J connectivity index is 2.99. The first kappa shape index (κ1) is 12.1. The standard InChI is InChI=1S/C14H14O2/c1-3-8-13(11-14(15)16-4-2)12-9-6-5-7-10-12/h5-7,9-11H,4H2,1-2H3/b13-11+. The van der Waals surface area contributed by atoms with Crippen LogP contribution in [0.3, 0.4) is 0 Å². The molecule has 0 amide bonds. The van der Waals surface area contributed by atoms with E-state index in [1.165, 1.54) is 6.08 Å². The van der Waals surface area contributed by atoms with Crippen molar-refractivity contribution in [1.29, 1.82) is 0 Å². The van der Waals surface area contributed by atoms with Crippen molar-refractivity contribution in [3.8, 4) is 11.8 Å². The molecule has 0 spiro atoms. The minimum atomic E-state index is -0.357. The molecule has 0 atom stereocenters. The van der Waals surface area contributed by atoms with E-state index < -0.39 is 0 Å². The molecule has 0 aliphatic heterocycles. The molecule has 0 bridgehead atoms. The van der Waals surface area contributed by atoms with E-state index in [1.807, 2.05) is 30.3 Å². The second-order valence-electron chi connectivity index (χ2n) is 3.05. The monoisotopic (exact) mass is 214 g/mol. The average molecular weight is 214 g/mol. The molecule has 0 aromatic heterocycles. The van der Waals surface area contributed by atoms with Gasteiger partial charge < -0.3 is 4.74 Å². The van der Waals surface area contributed by atoms with Crippen LogP contribution in [-0.4, -0.2) is 12.6 Å². The SMILES string of the molecule is CC#C/C(=C\C(=O)OCC)c1ccccc1. The van der Waals surface area contributed by atoms with Gasteiger partial charge >= 0.3 is 5.97 Å². The maximum absolute atomic E-state index is 11.3. The van der Waals surface area contributed by atoms with Gasteiger partial charge in [-0.3, -0.25) is 0 Å². The number of allylic oxidation sites excluding steroid dienone is 1. The van der Waals surface area contributed by atoms with Gasteiger partial charge in [-0.1, -0.05) is 36.3 Å². The van der Waals surface area contributed by atoms with Gasteiger partial charge in [0.05, 0.1) is 6.61 Å². The van der Waals surface area contributed by atoms with Gasteiger partial charge in [-0.15, -0.1) is 5.92 Å². The van der Waals surface area contributed by atoms with E-state index in [-0.39, 0.29) is 5.97 Å². The zero-order valence-electron chi connectivity index (χ0n) is 9.49. The van der Waals surface area contributed by atoms with Crippen molar-refractivity contribution < 1.29 is 9.53 Å². The third-order valence-electron chi connectivity index (χ3n) is 1.89. The number of hydrogen-bond acceptors (Lipinski definition) is 2. The lowest BCUT2D eigenvalue weighted by molar-refractivity contribution is -0.137. The number of esters is 1. The molecule has 82 valence electrons. The number of benzene rings is 1. The summed E-state index contributed by atoms with van der Waals surface area (Å²) in [6.45, 7) is 3.89. The van der Waals surface area contributed by atoms with E-state index in [2.05, 4.69) is 11.8 Å². The van der Waals surface area contributed by atoms with Crippen LogP contribution in [0.25, 0.3) is 5.57 Å². The van der Waals surface area contributed by atoms with Crippen molar-refractivity contribution in [2.45, 2.75) is 13.8 Å². The van der Waals surface area contributed by atoms with Gasteiger partial charge in [0, 0.05) is 11.6 Å². The van der Waals surface area contributed by atoms with Gasteiger partial charge in [-0.2, -0.15) is 0 Å². The van der Waals surface area contributed by atoms with Crippen LogP contribution < -0.4 is 0 Å². The van der Waals surface area contributed by atoms with Crippen molar-refractivity contribution in [3.63, 3.8) is 0 Å². The van der Waals surface area contributed by atoms with E-state index in [0.717, 1.165) is 5.56 Å².